The predicted octanol–water partition coefficient (Wildman–Crippen LogP) is 1.87. The van der Waals surface area contributed by atoms with Crippen LogP contribution in [0.25, 0.3) is 0 Å². The van der Waals surface area contributed by atoms with Gasteiger partial charge < -0.3 is 20.1 Å². The van der Waals surface area contributed by atoms with E-state index in [9.17, 15) is 9.59 Å². The van der Waals surface area contributed by atoms with Crippen LogP contribution in [0.4, 0.5) is 0 Å². The van der Waals surface area contributed by atoms with Gasteiger partial charge in [0.25, 0.3) is 0 Å². The van der Waals surface area contributed by atoms with Gasteiger partial charge in [-0.05, 0) is 51.3 Å². The maximum atomic E-state index is 12.9. The topological polar surface area (TPSA) is 113 Å². The Bertz CT molecular complexity index is 975. The van der Waals surface area contributed by atoms with Gasteiger partial charge in [-0.15, -0.1) is 0 Å². The third kappa shape index (κ3) is 4.27. The first-order valence-electron chi connectivity index (χ1n) is 10.5. The minimum Gasteiger partial charge on any atom is -0.497 e. The highest BCUT2D eigenvalue weighted by molar-refractivity contribution is 5.79. The van der Waals surface area contributed by atoms with E-state index in [0.717, 1.165) is 24.2 Å². The van der Waals surface area contributed by atoms with Crippen molar-refractivity contribution in [2.45, 2.75) is 63.8 Å². The second-order valence-corrected chi connectivity index (χ2v) is 9.09. The number of nitrogens with zero attached hydrogens (tertiary/aromatic N) is 4. The lowest BCUT2D eigenvalue weighted by atomic mass is 9.96. The molecule has 1 aromatic heterocycles. The number of morpholine rings is 1. The molecule has 1 saturated carbocycles. The molecule has 9 heteroatoms. The summed E-state index contributed by atoms with van der Waals surface area (Å²) in [7, 11) is 1.62. The molecular weight excluding hydrogens is 398 g/mol. The monoisotopic (exact) mass is 427 g/mol. The Labute approximate surface area is 181 Å². The number of primary amides is 1. The summed E-state index contributed by atoms with van der Waals surface area (Å²) in [6, 6.07) is 7.51. The smallest absolute Gasteiger partial charge is 0.249 e. The first kappa shape index (κ1) is 21.3. The van der Waals surface area contributed by atoms with Crippen LogP contribution in [0.15, 0.2) is 24.3 Å². The number of nitrogens with two attached hydrogens (primary N) is 1. The van der Waals surface area contributed by atoms with E-state index in [4.69, 9.17) is 15.2 Å². The second kappa shape index (κ2) is 7.96. The van der Waals surface area contributed by atoms with Crippen LogP contribution in [-0.2, 0) is 26.3 Å². The molecular formula is C22H29N5O4. The summed E-state index contributed by atoms with van der Waals surface area (Å²) < 4.78 is 13.2. The van der Waals surface area contributed by atoms with E-state index in [1.165, 1.54) is 0 Å². The molecule has 2 aromatic rings. The fourth-order valence-electron chi connectivity index (χ4n) is 4.04. The van der Waals surface area contributed by atoms with Gasteiger partial charge in [0, 0.05) is 6.04 Å². The fraction of sp³-hybridized carbons (Fsp3) is 0.545. The summed E-state index contributed by atoms with van der Waals surface area (Å²) in [6.45, 7) is 6.01. The molecule has 166 valence electrons. The fourth-order valence-corrected chi connectivity index (χ4v) is 4.04. The van der Waals surface area contributed by atoms with E-state index < -0.39 is 17.6 Å². The number of carbonyl (C=O) groups is 2. The highest BCUT2D eigenvalue weighted by Gasteiger charge is 2.47. The molecule has 4 rings (SSSR count). The molecule has 2 amide bonds. The SMILES string of the molecule is COc1ccc([C@@H]2[C@@H](c3nc(CC(N)=O)nn3C(C)(C)C)OCC(=O)N2C2CC2)cc1. The Morgan fingerprint density at radius 1 is 1.26 bits per heavy atom. The maximum Gasteiger partial charge on any atom is 0.249 e. The summed E-state index contributed by atoms with van der Waals surface area (Å²) in [4.78, 5) is 30.9. The van der Waals surface area contributed by atoms with Crippen molar-refractivity contribution in [3.63, 3.8) is 0 Å². The number of benzene rings is 1. The molecule has 31 heavy (non-hydrogen) atoms. The number of rotatable bonds is 6. The maximum absolute atomic E-state index is 12.9. The van der Waals surface area contributed by atoms with Gasteiger partial charge in [0.05, 0.1) is 25.1 Å². The Morgan fingerprint density at radius 3 is 2.48 bits per heavy atom. The van der Waals surface area contributed by atoms with Crippen LogP contribution in [0.2, 0.25) is 0 Å². The van der Waals surface area contributed by atoms with Crippen molar-refractivity contribution in [2.75, 3.05) is 13.7 Å². The Morgan fingerprint density at radius 2 is 1.94 bits per heavy atom. The van der Waals surface area contributed by atoms with Crippen molar-refractivity contribution in [3.8, 4) is 5.75 Å². The Hall–Kier alpha value is -2.94. The van der Waals surface area contributed by atoms with Crippen LogP contribution < -0.4 is 10.5 Å². The zero-order valence-corrected chi connectivity index (χ0v) is 18.4. The molecule has 2 atom stereocenters. The van der Waals surface area contributed by atoms with Crippen LogP contribution in [0.5, 0.6) is 5.75 Å². The number of hydrogen-bond acceptors (Lipinski definition) is 6. The summed E-state index contributed by atoms with van der Waals surface area (Å²) >= 11 is 0. The van der Waals surface area contributed by atoms with Crippen LogP contribution in [0, 0.1) is 0 Å². The van der Waals surface area contributed by atoms with Gasteiger partial charge in [-0.2, -0.15) is 5.10 Å². The van der Waals surface area contributed by atoms with Crippen molar-refractivity contribution in [3.05, 3.63) is 41.5 Å². The zero-order valence-electron chi connectivity index (χ0n) is 18.4. The number of aromatic nitrogens is 3. The van der Waals surface area contributed by atoms with Gasteiger partial charge in [-0.25, -0.2) is 9.67 Å². The largest absolute Gasteiger partial charge is 0.497 e. The third-order valence-corrected chi connectivity index (χ3v) is 5.56. The molecule has 0 bridgehead atoms. The summed E-state index contributed by atoms with van der Waals surface area (Å²) in [6.07, 6.45) is 1.37. The quantitative estimate of drug-likeness (QED) is 0.753. The molecule has 1 saturated heterocycles. The number of methoxy groups -OCH3 is 1. The first-order valence-corrected chi connectivity index (χ1v) is 10.5. The molecule has 0 radical (unpaired) electrons. The predicted molar refractivity (Wildman–Crippen MR) is 112 cm³/mol. The minimum atomic E-state index is -0.528. The standard InChI is InChI=1S/C22H29N5O4/c1-22(2,3)27-21(24-17(25-27)11-16(23)28)20-19(13-5-9-15(30-4)10-6-13)26(14-7-8-14)18(29)12-31-20/h5-6,9-10,14,19-20H,7-8,11-12H2,1-4H3,(H2,23,28)/t19-,20+/m1/s1. The van der Waals surface area contributed by atoms with Gasteiger partial charge in [0.2, 0.25) is 11.8 Å². The first-order chi connectivity index (χ1) is 14.7. The molecule has 1 aromatic carbocycles. The van der Waals surface area contributed by atoms with Crippen molar-refractivity contribution >= 4 is 11.8 Å². The number of carbonyl (C=O) groups excluding carboxylic acids is 2. The molecule has 0 spiro atoms. The van der Waals surface area contributed by atoms with E-state index in [-0.39, 0.29) is 31.0 Å². The zero-order chi connectivity index (χ0) is 22.3. The van der Waals surface area contributed by atoms with E-state index in [0.29, 0.717) is 11.6 Å². The highest BCUT2D eigenvalue weighted by Crippen LogP contribution is 2.45. The van der Waals surface area contributed by atoms with E-state index >= 15 is 0 Å². The summed E-state index contributed by atoms with van der Waals surface area (Å²) in [5, 5.41) is 4.56. The molecule has 2 N–H and O–H groups in total. The number of ether oxygens (including phenoxy) is 2. The molecule has 1 aliphatic carbocycles. The lowest BCUT2D eigenvalue weighted by Gasteiger charge is -2.41. The van der Waals surface area contributed by atoms with Crippen molar-refractivity contribution in [2.24, 2.45) is 5.73 Å². The molecule has 2 aliphatic rings. The molecule has 0 unspecified atom stereocenters. The van der Waals surface area contributed by atoms with E-state index in [1.807, 2.05) is 49.9 Å². The van der Waals surface area contributed by atoms with Crippen LogP contribution in [0.3, 0.4) is 0 Å². The number of hydrogen-bond donors (Lipinski definition) is 1. The van der Waals surface area contributed by atoms with Gasteiger partial charge in [0.15, 0.2) is 11.6 Å². The lowest BCUT2D eigenvalue weighted by molar-refractivity contribution is -0.160. The van der Waals surface area contributed by atoms with E-state index in [2.05, 4.69) is 10.1 Å². The summed E-state index contributed by atoms with van der Waals surface area (Å²) in [5.41, 5.74) is 5.91. The van der Waals surface area contributed by atoms with Gasteiger partial charge >= 0.3 is 0 Å². The normalized spacial score (nSPS) is 21.9. The van der Waals surface area contributed by atoms with E-state index in [1.54, 1.807) is 11.8 Å². The number of amides is 2. The van der Waals surface area contributed by atoms with Crippen LogP contribution >= 0.6 is 0 Å². The van der Waals surface area contributed by atoms with Crippen molar-refractivity contribution < 1.29 is 19.1 Å². The summed E-state index contributed by atoms with van der Waals surface area (Å²) in [5.74, 6) is 1.15. The van der Waals surface area contributed by atoms with Crippen LogP contribution in [-0.4, -0.2) is 51.2 Å². The van der Waals surface area contributed by atoms with Crippen molar-refractivity contribution in [1.29, 1.82) is 0 Å². The molecule has 1 aliphatic heterocycles. The average molecular weight is 428 g/mol. The molecule has 9 nitrogen and oxygen atoms in total. The van der Waals surface area contributed by atoms with Gasteiger partial charge in [-0.1, -0.05) is 12.1 Å². The second-order valence-electron chi connectivity index (χ2n) is 9.09. The molecule has 2 fully saturated rings. The van der Waals surface area contributed by atoms with Crippen LogP contribution in [0.1, 0.15) is 63.0 Å². The minimum absolute atomic E-state index is 0.0179. The van der Waals surface area contributed by atoms with Gasteiger partial charge in [-0.3, -0.25) is 9.59 Å². The Kier molecular flexibility index (Phi) is 5.47. The average Bonchev–Trinajstić information content (AvgIpc) is 3.46. The highest BCUT2D eigenvalue weighted by atomic mass is 16.5. The lowest BCUT2D eigenvalue weighted by Crippen LogP contribution is -2.47. The third-order valence-electron chi connectivity index (χ3n) is 5.56. The van der Waals surface area contributed by atoms with Gasteiger partial charge in [0.1, 0.15) is 18.5 Å². The van der Waals surface area contributed by atoms with Crippen molar-refractivity contribution in [1.82, 2.24) is 19.7 Å². The molecule has 2 heterocycles. The Balaban J connectivity index is 1.81.